The van der Waals surface area contributed by atoms with Gasteiger partial charge in [-0.1, -0.05) is 36.0 Å². The maximum Gasteiger partial charge on any atom is 0.268 e. The minimum absolute atomic E-state index is 0.0869. The van der Waals surface area contributed by atoms with Crippen LogP contribution in [0.4, 0.5) is 0 Å². The van der Waals surface area contributed by atoms with Crippen LogP contribution in [0.1, 0.15) is 49.0 Å². The lowest BCUT2D eigenvalue weighted by molar-refractivity contribution is -0.128. The van der Waals surface area contributed by atoms with E-state index in [4.69, 9.17) is 23.2 Å². The van der Waals surface area contributed by atoms with Gasteiger partial charge in [-0.3, -0.25) is 14.4 Å². The SMILES string of the molecule is N#C[C@H](C[C@@H]1CCCNC1=O)NC(=O)[C@H](CC1CC1)NC(=O)c1cc2cc(Cl)cc(Cl)c2[nH]1. The third-order valence-corrected chi connectivity index (χ3v) is 6.69. The number of hydrogen-bond acceptors (Lipinski definition) is 4. The predicted molar refractivity (Wildman–Crippen MR) is 125 cm³/mol. The first kappa shape index (κ1) is 23.4. The summed E-state index contributed by atoms with van der Waals surface area (Å²) in [5, 5.41) is 19.4. The van der Waals surface area contributed by atoms with Gasteiger partial charge in [-0.25, -0.2) is 0 Å². The van der Waals surface area contributed by atoms with Crippen LogP contribution < -0.4 is 16.0 Å². The normalized spacial score (nSPS) is 19.9. The predicted octanol–water partition coefficient (Wildman–Crippen LogP) is 3.30. The summed E-state index contributed by atoms with van der Waals surface area (Å²) in [6, 6.07) is 5.40. The molecule has 3 amide bonds. The summed E-state index contributed by atoms with van der Waals surface area (Å²) in [4.78, 5) is 40.9. The summed E-state index contributed by atoms with van der Waals surface area (Å²) in [5.74, 6) is -0.893. The molecule has 33 heavy (non-hydrogen) atoms. The van der Waals surface area contributed by atoms with E-state index >= 15 is 0 Å². The molecule has 0 unspecified atom stereocenters. The third-order valence-electron chi connectivity index (χ3n) is 6.17. The molecule has 2 aromatic rings. The number of amides is 3. The molecular formula is C23H25Cl2N5O3. The Kier molecular flexibility index (Phi) is 7.11. The molecule has 2 heterocycles. The molecule has 4 rings (SSSR count). The summed E-state index contributed by atoms with van der Waals surface area (Å²) in [7, 11) is 0. The number of rotatable bonds is 8. The van der Waals surface area contributed by atoms with Crippen LogP contribution in [0, 0.1) is 23.2 Å². The summed E-state index contributed by atoms with van der Waals surface area (Å²) >= 11 is 12.2. The Balaban J connectivity index is 1.44. The van der Waals surface area contributed by atoms with E-state index < -0.39 is 23.9 Å². The van der Waals surface area contributed by atoms with Gasteiger partial charge >= 0.3 is 0 Å². The number of nitrogens with one attached hydrogen (secondary N) is 4. The lowest BCUT2D eigenvalue weighted by Gasteiger charge is -2.25. The molecule has 1 saturated carbocycles. The zero-order valence-corrected chi connectivity index (χ0v) is 19.4. The van der Waals surface area contributed by atoms with E-state index in [9.17, 15) is 19.6 Å². The van der Waals surface area contributed by atoms with Gasteiger partial charge < -0.3 is 20.9 Å². The maximum absolute atomic E-state index is 13.0. The number of halogens is 2. The molecule has 4 N–H and O–H groups in total. The van der Waals surface area contributed by atoms with Crippen molar-refractivity contribution < 1.29 is 14.4 Å². The molecule has 0 bridgehead atoms. The molecule has 1 saturated heterocycles. The molecule has 1 aromatic carbocycles. The van der Waals surface area contributed by atoms with Crippen molar-refractivity contribution in [3.05, 3.63) is 33.9 Å². The topological polar surface area (TPSA) is 127 Å². The standard InChI is InChI=1S/C23H25Cl2N5O3/c24-15-7-14-9-19(29-20(14)17(25)10-15)23(33)30-18(6-12-3-4-12)22(32)28-16(11-26)8-13-2-1-5-27-21(13)31/h7,9-10,12-13,16,18,29H,1-6,8H2,(H,27,31)(H,28,32)(H,30,33)/t13-,16-,18-/m0/s1. The monoisotopic (exact) mass is 489 g/mol. The Hall–Kier alpha value is -2.76. The third kappa shape index (κ3) is 5.79. The molecule has 1 aliphatic carbocycles. The second-order valence-corrected chi connectivity index (χ2v) is 9.64. The zero-order chi connectivity index (χ0) is 23.5. The fraction of sp³-hybridized carbons (Fsp3) is 0.478. The lowest BCUT2D eigenvalue weighted by Crippen LogP contribution is -2.50. The van der Waals surface area contributed by atoms with Crippen molar-refractivity contribution in [1.29, 1.82) is 5.26 Å². The quantitative estimate of drug-likeness (QED) is 0.453. The van der Waals surface area contributed by atoms with Gasteiger partial charge in [-0.2, -0.15) is 5.26 Å². The Morgan fingerprint density at radius 3 is 2.64 bits per heavy atom. The highest BCUT2D eigenvalue weighted by Crippen LogP contribution is 2.34. The van der Waals surface area contributed by atoms with Gasteiger partial charge in [-0.05, 0) is 49.8 Å². The molecule has 2 aliphatic rings. The molecule has 2 fully saturated rings. The number of nitrogens with zero attached hydrogens (tertiary/aromatic N) is 1. The van der Waals surface area contributed by atoms with Crippen LogP contribution in [0.25, 0.3) is 10.9 Å². The van der Waals surface area contributed by atoms with Crippen molar-refractivity contribution in [2.45, 2.75) is 50.6 Å². The van der Waals surface area contributed by atoms with E-state index in [1.807, 2.05) is 0 Å². The van der Waals surface area contributed by atoms with Gasteiger partial charge in [0.25, 0.3) is 5.91 Å². The van der Waals surface area contributed by atoms with Crippen LogP contribution in [0.2, 0.25) is 10.0 Å². The van der Waals surface area contributed by atoms with Crippen molar-refractivity contribution in [2.24, 2.45) is 11.8 Å². The van der Waals surface area contributed by atoms with Gasteiger partial charge in [-0.15, -0.1) is 0 Å². The zero-order valence-electron chi connectivity index (χ0n) is 17.9. The van der Waals surface area contributed by atoms with Crippen LogP contribution in [-0.2, 0) is 9.59 Å². The Labute approximate surface area is 201 Å². The van der Waals surface area contributed by atoms with Gasteiger partial charge in [0, 0.05) is 22.9 Å². The second-order valence-electron chi connectivity index (χ2n) is 8.80. The molecule has 174 valence electrons. The average molecular weight is 490 g/mol. The number of carbonyl (C=O) groups is 3. The number of piperidine rings is 1. The van der Waals surface area contributed by atoms with Gasteiger partial charge in [0.05, 0.1) is 16.6 Å². The number of hydrogen-bond donors (Lipinski definition) is 4. The molecule has 0 radical (unpaired) electrons. The van der Waals surface area contributed by atoms with Gasteiger partial charge in [0.15, 0.2) is 0 Å². The minimum Gasteiger partial charge on any atom is -0.356 e. The van der Waals surface area contributed by atoms with E-state index in [0.29, 0.717) is 46.3 Å². The molecule has 8 nitrogen and oxygen atoms in total. The summed E-state index contributed by atoms with van der Waals surface area (Å²) < 4.78 is 0. The Bertz CT molecular complexity index is 1120. The molecule has 0 spiro atoms. The first-order valence-corrected chi connectivity index (χ1v) is 11.9. The van der Waals surface area contributed by atoms with Crippen molar-refractivity contribution in [3.8, 4) is 6.07 Å². The molecule has 3 atom stereocenters. The van der Waals surface area contributed by atoms with Crippen LogP contribution >= 0.6 is 23.2 Å². The largest absolute Gasteiger partial charge is 0.356 e. The van der Waals surface area contributed by atoms with Crippen LogP contribution in [0.3, 0.4) is 0 Å². The number of H-pyrrole nitrogens is 1. The summed E-state index contributed by atoms with van der Waals surface area (Å²) in [6.45, 7) is 0.638. The first-order valence-electron chi connectivity index (χ1n) is 11.1. The Morgan fingerprint density at radius 1 is 1.15 bits per heavy atom. The highest BCUT2D eigenvalue weighted by atomic mass is 35.5. The molecule has 1 aliphatic heterocycles. The molecule has 1 aromatic heterocycles. The van der Waals surface area contributed by atoms with E-state index in [2.05, 4.69) is 27.0 Å². The van der Waals surface area contributed by atoms with Crippen molar-refractivity contribution in [2.75, 3.05) is 6.54 Å². The molecule has 10 heteroatoms. The Morgan fingerprint density at radius 2 is 1.94 bits per heavy atom. The van der Waals surface area contributed by atoms with Crippen LogP contribution in [0.15, 0.2) is 18.2 Å². The fourth-order valence-electron chi connectivity index (χ4n) is 4.20. The number of aromatic amines is 1. The van der Waals surface area contributed by atoms with Crippen molar-refractivity contribution >= 4 is 51.8 Å². The van der Waals surface area contributed by atoms with E-state index in [-0.39, 0.29) is 23.9 Å². The summed E-state index contributed by atoms with van der Waals surface area (Å²) in [5.41, 5.74) is 0.850. The fourth-order valence-corrected chi connectivity index (χ4v) is 4.76. The van der Waals surface area contributed by atoms with Crippen LogP contribution in [-0.4, -0.2) is 41.3 Å². The van der Waals surface area contributed by atoms with Crippen molar-refractivity contribution in [3.63, 3.8) is 0 Å². The number of fused-ring (bicyclic) bond motifs is 1. The van der Waals surface area contributed by atoms with E-state index in [1.54, 1.807) is 18.2 Å². The van der Waals surface area contributed by atoms with E-state index in [1.165, 1.54) is 0 Å². The minimum atomic E-state index is -0.807. The number of benzene rings is 1. The highest BCUT2D eigenvalue weighted by molar-refractivity contribution is 6.38. The highest BCUT2D eigenvalue weighted by Gasteiger charge is 2.33. The number of carbonyl (C=O) groups excluding carboxylic acids is 3. The van der Waals surface area contributed by atoms with Crippen molar-refractivity contribution in [1.82, 2.24) is 20.9 Å². The number of aromatic nitrogens is 1. The summed E-state index contributed by atoms with van der Waals surface area (Å²) in [6.07, 6.45) is 4.29. The smallest absolute Gasteiger partial charge is 0.268 e. The average Bonchev–Trinajstić information content (AvgIpc) is 3.49. The van der Waals surface area contributed by atoms with Gasteiger partial charge in [0.1, 0.15) is 17.8 Å². The number of nitriles is 1. The van der Waals surface area contributed by atoms with E-state index in [0.717, 1.165) is 19.3 Å². The maximum atomic E-state index is 13.0. The lowest BCUT2D eigenvalue weighted by atomic mass is 9.92. The van der Waals surface area contributed by atoms with Gasteiger partial charge in [0.2, 0.25) is 11.8 Å². The van der Waals surface area contributed by atoms with Crippen LogP contribution in [0.5, 0.6) is 0 Å². The second kappa shape index (κ2) is 10.0. The molecular weight excluding hydrogens is 465 g/mol. The first-order chi connectivity index (χ1) is 15.8.